The van der Waals surface area contributed by atoms with Crippen LogP contribution >= 0.6 is 0 Å². The molecule has 0 radical (unpaired) electrons. The third-order valence-electron chi connectivity index (χ3n) is 5.03. The van der Waals surface area contributed by atoms with Crippen molar-refractivity contribution in [2.45, 2.75) is 9.79 Å². The number of primary amides is 1. The van der Waals surface area contributed by atoms with E-state index in [0.29, 0.717) is 22.3 Å². The summed E-state index contributed by atoms with van der Waals surface area (Å²) in [5.41, 5.74) is 14.5. The average Bonchev–Trinajstić information content (AvgIpc) is 2.73. The van der Waals surface area contributed by atoms with Crippen molar-refractivity contribution in [2.75, 3.05) is 26.1 Å². The molecule has 1 unspecified atom stereocenters. The zero-order valence-corrected chi connectivity index (χ0v) is 19.4. The van der Waals surface area contributed by atoms with Crippen LogP contribution in [0.3, 0.4) is 0 Å². The van der Waals surface area contributed by atoms with Crippen LogP contribution in [0.5, 0.6) is 0 Å². The fourth-order valence-electron chi connectivity index (χ4n) is 3.18. The van der Waals surface area contributed by atoms with Gasteiger partial charge in [-0.2, -0.15) is 4.55 Å². The highest BCUT2D eigenvalue weighted by Crippen LogP contribution is 2.35. The second-order valence-corrected chi connectivity index (χ2v) is 11.7. The van der Waals surface area contributed by atoms with E-state index < -0.39 is 26.1 Å². The van der Waals surface area contributed by atoms with Crippen LogP contribution in [0.15, 0.2) is 70.5 Å². The Hall–Kier alpha value is -3.05. The zero-order chi connectivity index (χ0) is 23.8. The van der Waals surface area contributed by atoms with Crippen molar-refractivity contribution in [1.82, 2.24) is 4.31 Å². The number of anilines is 1. The molecule has 168 valence electrons. The molecule has 1 amide bonds. The Bertz CT molecular complexity index is 1330. The molecule has 0 fully saturated rings. The van der Waals surface area contributed by atoms with Gasteiger partial charge in [0.05, 0.1) is 16.1 Å². The predicted molar refractivity (Wildman–Crippen MR) is 126 cm³/mol. The summed E-state index contributed by atoms with van der Waals surface area (Å²) in [7, 11) is -3.68. The van der Waals surface area contributed by atoms with Crippen molar-refractivity contribution in [1.29, 1.82) is 0 Å². The van der Waals surface area contributed by atoms with Crippen LogP contribution < -0.4 is 11.5 Å². The van der Waals surface area contributed by atoms with Crippen LogP contribution in [-0.2, 0) is 24.4 Å². The summed E-state index contributed by atoms with van der Waals surface area (Å²) in [6.45, 7) is 0. The molecule has 5 N–H and O–H groups in total. The van der Waals surface area contributed by atoms with E-state index >= 15 is 0 Å². The lowest BCUT2D eigenvalue weighted by atomic mass is 9.94. The molecule has 0 aromatic heterocycles. The Balaban J connectivity index is 2.14. The van der Waals surface area contributed by atoms with E-state index in [0.717, 1.165) is 6.26 Å². The number of nitrogens with two attached hydrogens (primary N) is 2. The van der Waals surface area contributed by atoms with Crippen molar-refractivity contribution >= 4 is 31.8 Å². The van der Waals surface area contributed by atoms with Crippen LogP contribution in [-0.4, -0.2) is 43.5 Å². The summed E-state index contributed by atoms with van der Waals surface area (Å²) >= 11 is 0. The number of hydrogen-bond donors (Lipinski definition) is 3. The Morgan fingerprint density at radius 2 is 1.47 bits per heavy atom. The third-order valence-corrected chi connectivity index (χ3v) is 8.03. The molecule has 32 heavy (non-hydrogen) atoms. The quantitative estimate of drug-likeness (QED) is 0.370. The summed E-state index contributed by atoms with van der Waals surface area (Å²) in [5.74, 6) is -0.707. The molecular formula is C22H24N3O5S2+. The van der Waals surface area contributed by atoms with E-state index in [-0.39, 0.29) is 21.0 Å². The first-order valence-corrected chi connectivity index (χ1v) is 12.8. The molecule has 0 saturated carbocycles. The second kappa shape index (κ2) is 8.47. The molecule has 10 heteroatoms. The van der Waals surface area contributed by atoms with Crippen molar-refractivity contribution in [3.63, 3.8) is 0 Å². The zero-order valence-electron chi connectivity index (χ0n) is 17.8. The average molecular weight is 475 g/mol. The molecule has 0 aliphatic carbocycles. The van der Waals surface area contributed by atoms with Gasteiger partial charge in [0.25, 0.3) is 5.91 Å². The predicted octanol–water partition coefficient (Wildman–Crippen LogP) is 2.91. The summed E-state index contributed by atoms with van der Waals surface area (Å²) in [6.07, 6.45) is 1.12. The Morgan fingerprint density at radius 1 is 0.938 bits per heavy atom. The monoisotopic (exact) mass is 474 g/mol. The van der Waals surface area contributed by atoms with Crippen molar-refractivity contribution < 1.29 is 22.0 Å². The number of nitrogen functional groups attached to an aromatic ring is 1. The van der Waals surface area contributed by atoms with Gasteiger partial charge in [-0.1, -0.05) is 16.4 Å². The van der Waals surface area contributed by atoms with Gasteiger partial charge in [0, 0.05) is 25.9 Å². The summed E-state index contributed by atoms with van der Waals surface area (Å²) in [5, 5.41) is 0. The Kier molecular flexibility index (Phi) is 6.25. The van der Waals surface area contributed by atoms with Gasteiger partial charge in [-0.25, -0.2) is 8.42 Å². The smallest absolute Gasteiger partial charge is 0.325 e. The van der Waals surface area contributed by atoms with Crippen molar-refractivity contribution in [2.24, 2.45) is 5.73 Å². The van der Waals surface area contributed by atoms with Crippen LogP contribution in [0.1, 0.15) is 10.4 Å². The Morgan fingerprint density at radius 3 is 1.94 bits per heavy atom. The molecule has 3 aromatic rings. The minimum Gasteiger partial charge on any atom is -0.398 e. The molecular weight excluding hydrogens is 450 g/mol. The van der Waals surface area contributed by atoms with Gasteiger partial charge >= 0.3 is 10.4 Å². The first-order chi connectivity index (χ1) is 14.8. The van der Waals surface area contributed by atoms with Crippen LogP contribution in [0.25, 0.3) is 22.3 Å². The van der Waals surface area contributed by atoms with Gasteiger partial charge < -0.3 is 11.5 Å². The normalized spacial score (nSPS) is 13.7. The first-order valence-electron chi connectivity index (χ1n) is 9.40. The number of benzene rings is 3. The largest absolute Gasteiger partial charge is 0.398 e. The number of amides is 1. The summed E-state index contributed by atoms with van der Waals surface area (Å²) < 4.78 is 47.3. The van der Waals surface area contributed by atoms with E-state index in [4.69, 9.17) is 11.5 Å². The van der Waals surface area contributed by atoms with E-state index in [2.05, 4.69) is 0 Å². The van der Waals surface area contributed by atoms with Gasteiger partial charge in [0.2, 0.25) is 4.90 Å². The molecule has 3 rings (SSSR count). The minimum absolute atomic E-state index is 0.119. The molecule has 0 spiro atoms. The lowest BCUT2D eigenvalue weighted by Crippen LogP contribution is -2.28. The molecule has 8 nitrogen and oxygen atoms in total. The van der Waals surface area contributed by atoms with Gasteiger partial charge in [-0.15, -0.1) is 0 Å². The van der Waals surface area contributed by atoms with E-state index in [1.165, 1.54) is 42.7 Å². The third kappa shape index (κ3) is 4.58. The maximum Gasteiger partial charge on any atom is 0.325 e. The van der Waals surface area contributed by atoms with Gasteiger partial charge in [-0.05, 0) is 69.4 Å². The molecule has 3 aromatic carbocycles. The number of sulfone groups is 1. The number of carbonyl (C=O) groups is 1. The van der Waals surface area contributed by atoms with Gasteiger partial charge in [0.1, 0.15) is 0 Å². The molecule has 0 heterocycles. The number of rotatable bonds is 6. The van der Waals surface area contributed by atoms with Crippen LogP contribution in [0.4, 0.5) is 5.69 Å². The van der Waals surface area contributed by atoms with Gasteiger partial charge in [-0.3, -0.25) is 4.79 Å². The number of hydrogen-bond acceptors (Lipinski definition) is 5. The SMILES string of the molecule is CN(C)[S+](=O)(O)c1ccc(-c2cc(-c3ccc(S(C)(=O)=O)cc3)cc(C(N)=O)c2N)cc1. The second-order valence-electron chi connectivity index (χ2n) is 7.48. The fourth-order valence-corrected chi connectivity index (χ4v) is 4.72. The summed E-state index contributed by atoms with van der Waals surface area (Å²) in [4.78, 5) is 12.4. The van der Waals surface area contributed by atoms with E-state index in [9.17, 15) is 22.0 Å². The van der Waals surface area contributed by atoms with Crippen molar-refractivity contribution in [3.8, 4) is 22.3 Å². The van der Waals surface area contributed by atoms with Gasteiger partial charge in [0.15, 0.2) is 9.84 Å². The molecule has 0 saturated heterocycles. The summed E-state index contributed by atoms with van der Waals surface area (Å²) in [6, 6.07) is 15.9. The lowest BCUT2D eigenvalue weighted by Gasteiger charge is -2.14. The van der Waals surface area contributed by atoms with Crippen LogP contribution in [0, 0.1) is 0 Å². The maximum absolute atomic E-state index is 12.4. The van der Waals surface area contributed by atoms with Crippen LogP contribution in [0.2, 0.25) is 0 Å². The first kappa shape index (κ1) is 23.6. The minimum atomic E-state index is -3.35. The molecule has 1 atom stereocenters. The topological polar surface area (TPSA) is 144 Å². The number of carbonyl (C=O) groups excluding carboxylic acids is 1. The van der Waals surface area contributed by atoms with E-state index in [1.54, 1.807) is 36.4 Å². The van der Waals surface area contributed by atoms with E-state index in [1.807, 2.05) is 0 Å². The fraction of sp³-hybridized carbons (Fsp3) is 0.136. The highest BCUT2D eigenvalue weighted by molar-refractivity contribution is 7.95. The lowest BCUT2D eigenvalue weighted by molar-refractivity contribution is 0.100. The standard InChI is InChI=1S/C22H23N3O5S2/c1-25(2)32(29,30)18-10-6-15(7-11-18)19-12-16(13-20(21(19)23)22(24)26)14-4-8-17(9-5-14)31(3,27)28/h4-13H,1-3H3,(H4-,23,24,26,29,30)/p+1. The molecule has 0 bridgehead atoms. The van der Waals surface area contributed by atoms with Crippen molar-refractivity contribution in [3.05, 3.63) is 66.2 Å². The number of nitrogens with zero attached hydrogens (tertiary/aromatic N) is 1. The highest BCUT2D eigenvalue weighted by Gasteiger charge is 2.32. The molecule has 0 aliphatic heterocycles. The highest BCUT2D eigenvalue weighted by atomic mass is 32.3. The Labute approximate surface area is 188 Å². The molecule has 0 aliphatic rings. The maximum atomic E-state index is 12.4.